The Morgan fingerprint density at radius 2 is 2.16 bits per heavy atom. The molecule has 0 radical (unpaired) electrons. The molecule has 2 N–H and O–H groups in total. The first-order chi connectivity index (χ1) is 9.04. The van der Waals surface area contributed by atoms with Crippen LogP contribution in [0.5, 0.6) is 0 Å². The summed E-state index contributed by atoms with van der Waals surface area (Å²) in [6.45, 7) is 1.99. The molecule has 0 bridgehead atoms. The summed E-state index contributed by atoms with van der Waals surface area (Å²) in [4.78, 5) is 4.30. The van der Waals surface area contributed by atoms with Gasteiger partial charge in [0.2, 0.25) is 0 Å². The number of nitrogens with two attached hydrogens (primary N) is 1. The van der Waals surface area contributed by atoms with Crippen molar-refractivity contribution in [1.29, 1.82) is 0 Å². The fourth-order valence-corrected chi connectivity index (χ4v) is 2.72. The Bertz CT molecular complexity index is 437. The summed E-state index contributed by atoms with van der Waals surface area (Å²) in [5.74, 6) is -1.58. The van der Waals surface area contributed by atoms with E-state index < -0.39 is 11.6 Å². The highest BCUT2D eigenvalue weighted by Gasteiger charge is 2.31. The molecule has 0 amide bonds. The monoisotopic (exact) mass is 269 g/mol. The summed E-state index contributed by atoms with van der Waals surface area (Å²) >= 11 is 0. The van der Waals surface area contributed by atoms with E-state index in [9.17, 15) is 8.78 Å². The molecular weight excluding hydrogens is 248 g/mol. The minimum absolute atomic E-state index is 0.249. The van der Waals surface area contributed by atoms with Crippen LogP contribution in [-0.2, 0) is 0 Å². The minimum atomic E-state index is -0.806. The van der Waals surface area contributed by atoms with Gasteiger partial charge in [-0.25, -0.2) is 8.78 Å². The molecule has 1 aliphatic heterocycles. The van der Waals surface area contributed by atoms with Gasteiger partial charge in [0, 0.05) is 31.2 Å². The molecule has 0 spiro atoms. The lowest BCUT2D eigenvalue weighted by Crippen LogP contribution is -2.36. The van der Waals surface area contributed by atoms with Crippen LogP contribution in [0.1, 0.15) is 18.0 Å². The molecule has 2 rings (SSSR count). The highest BCUT2D eigenvalue weighted by atomic mass is 19.2. The second-order valence-electron chi connectivity index (χ2n) is 5.30. The molecule has 2 unspecified atom stereocenters. The summed E-state index contributed by atoms with van der Waals surface area (Å²) in [6.07, 6.45) is 1.03. The van der Waals surface area contributed by atoms with Crippen LogP contribution in [0.2, 0.25) is 0 Å². The molecule has 1 aromatic carbocycles. The number of likely N-dealkylation sites (tertiary alicyclic amines) is 1. The van der Waals surface area contributed by atoms with Gasteiger partial charge >= 0.3 is 0 Å². The number of benzene rings is 1. The Labute approximate surface area is 113 Å². The minimum Gasteiger partial charge on any atom is -0.329 e. The van der Waals surface area contributed by atoms with Crippen LogP contribution in [0.3, 0.4) is 0 Å². The Morgan fingerprint density at radius 1 is 1.42 bits per heavy atom. The van der Waals surface area contributed by atoms with Crippen molar-refractivity contribution in [2.75, 3.05) is 33.7 Å². The molecule has 1 aromatic rings. The fraction of sp³-hybridized carbons (Fsp3) is 0.571. The summed E-state index contributed by atoms with van der Waals surface area (Å²) in [6, 6.07) is 4.50. The first-order valence-electron chi connectivity index (χ1n) is 6.59. The predicted molar refractivity (Wildman–Crippen MR) is 71.8 cm³/mol. The summed E-state index contributed by atoms with van der Waals surface area (Å²) in [7, 11) is 4.07. The van der Waals surface area contributed by atoms with Crippen molar-refractivity contribution in [2.24, 2.45) is 5.73 Å². The maximum absolute atomic E-state index is 13.9. The Morgan fingerprint density at radius 3 is 2.74 bits per heavy atom. The van der Waals surface area contributed by atoms with Crippen molar-refractivity contribution in [3.63, 3.8) is 0 Å². The molecule has 3 nitrogen and oxygen atoms in total. The zero-order chi connectivity index (χ0) is 14.0. The van der Waals surface area contributed by atoms with Gasteiger partial charge in [-0.3, -0.25) is 4.90 Å². The number of hydrogen-bond acceptors (Lipinski definition) is 3. The Kier molecular flexibility index (Phi) is 4.50. The molecule has 1 saturated heterocycles. The van der Waals surface area contributed by atoms with Gasteiger partial charge in [0.15, 0.2) is 11.6 Å². The van der Waals surface area contributed by atoms with Crippen molar-refractivity contribution in [3.8, 4) is 0 Å². The van der Waals surface area contributed by atoms with E-state index in [4.69, 9.17) is 5.73 Å². The van der Waals surface area contributed by atoms with E-state index in [0.29, 0.717) is 18.2 Å². The second kappa shape index (κ2) is 5.94. The van der Waals surface area contributed by atoms with Gasteiger partial charge in [-0.2, -0.15) is 0 Å². The number of hydrogen-bond donors (Lipinski definition) is 1. The van der Waals surface area contributed by atoms with Crippen LogP contribution < -0.4 is 5.73 Å². The van der Waals surface area contributed by atoms with Crippen molar-refractivity contribution in [3.05, 3.63) is 35.4 Å². The highest BCUT2D eigenvalue weighted by molar-refractivity contribution is 5.23. The maximum Gasteiger partial charge on any atom is 0.163 e. The smallest absolute Gasteiger partial charge is 0.163 e. The van der Waals surface area contributed by atoms with Crippen molar-refractivity contribution in [1.82, 2.24) is 9.80 Å². The third kappa shape index (κ3) is 2.94. The zero-order valence-electron chi connectivity index (χ0n) is 11.4. The van der Waals surface area contributed by atoms with Crippen LogP contribution in [0.4, 0.5) is 8.78 Å². The lowest BCUT2D eigenvalue weighted by molar-refractivity contribution is 0.216. The van der Waals surface area contributed by atoms with Gasteiger partial charge in [0.1, 0.15) is 0 Å². The van der Waals surface area contributed by atoms with Gasteiger partial charge < -0.3 is 10.6 Å². The lowest BCUT2D eigenvalue weighted by Gasteiger charge is -2.28. The van der Waals surface area contributed by atoms with E-state index in [0.717, 1.165) is 25.6 Å². The number of halogens is 2. The molecule has 0 saturated carbocycles. The summed E-state index contributed by atoms with van der Waals surface area (Å²) in [5.41, 5.74) is 6.14. The van der Waals surface area contributed by atoms with Crippen LogP contribution in [0, 0.1) is 11.6 Å². The lowest BCUT2D eigenvalue weighted by atomic mass is 10.0. The van der Waals surface area contributed by atoms with Gasteiger partial charge in [0.05, 0.1) is 6.04 Å². The standard InChI is InChI=1S/C14H21F2N3/c1-18(2)10-6-7-19(9-10)13(8-17)11-4-3-5-12(15)14(11)16/h3-5,10,13H,6-9,17H2,1-2H3. The van der Waals surface area contributed by atoms with Crippen LogP contribution in [-0.4, -0.2) is 49.6 Å². The molecule has 19 heavy (non-hydrogen) atoms. The zero-order valence-corrected chi connectivity index (χ0v) is 11.4. The van der Waals surface area contributed by atoms with Gasteiger partial charge in [-0.1, -0.05) is 12.1 Å². The van der Waals surface area contributed by atoms with Crippen LogP contribution in [0.25, 0.3) is 0 Å². The van der Waals surface area contributed by atoms with Gasteiger partial charge in [0.25, 0.3) is 0 Å². The fourth-order valence-electron chi connectivity index (χ4n) is 2.72. The third-order valence-corrected chi connectivity index (χ3v) is 3.93. The molecule has 5 heteroatoms. The quantitative estimate of drug-likeness (QED) is 0.901. The molecular formula is C14H21F2N3. The van der Waals surface area contributed by atoms with E-state index in [1.807, 2.05) is 14.1 Å². The SMILES string of the molecule is CN(C)C1CCN(C(CN)c2cccc(F)c2F)C1. The average molecular weight is 269 g/mol. The molecule has 2 atom stereocenters. The topological polar surface area (TPSA) is 32.5 Å². The van der Waals surface area contributed by atoms with Gasteiger partial charge in [-0.15, -0.1) is 0 Å². The van der Waals surface area contributed by atoms with Gasteiger partial charge in [-0.05, 0) is 26.6 Å². The van der Waals surface area contributed by atoms with Crippen molar-refractivity contribution >= 4 is 0 Å². The molecule has 106 valence electrons. The van der Waals surface area contributed by atoms with E-state index in [-0.39, 0.29) is 6.04 Å². The third-order valence-electron chi connectivity index (χ3n) is 3.93. The summed E-state index contributed by atoms with van der Waals surface area (Å²) < 4.78 is 27.2. The number of likely N-dealkylation sites (N-methyl/N-ethyl adjacent to an activating group) is 1. The number of rotatable bonds is 4. The summed E-state index contributed by atoms with van der Waals surface area (Å²) in [5, 5.41) is 0. The first kappa shape index (κ1) is 14.4. The number of nitrogens with zero attached hydrogens (tertiary/aromatic N) is 2. The molecule has 1 aliphatic rings. The Hall–Kier alpha value is -1.04. The van der Waals surface area contributed by atoms with Crippen LogP contribution >= 0.6 is 0 Å². The van der Waals surface area contributed by atoms with E-state index in [1.165, 1.54) is 6.07 Å². The normalized spacial score (nSPS) is 22.1. The van der Waals surface area contributed by atoms with E-state index in [2.05, 4.69) is 9.80 Å². The second-order valence-corrected chi connectivity index (χ2v) is 5.30. The van der Waals surface area contributed by atoms with Crippen molar-refractivity contribution in [2.45, 2.75) is 18.5 Å². The molecule has 1 fully saturated rings. The van der Waals surface area contributed by atoms with Crippen molar-refractivity contribution < 1.29 is 8.78 Å². The highest BCUT2D eigenvalue weighted by Crippen LogP contribution is 2.28. The molecule has 0 aliphatic carbocycles. The maximum atomic E-state index is 13.9. The molecule has 1 heterocycles. The Balaban J connectivity index is 2.19. The first-order valence-corrected chi connectivity index (χ1v) is 6.59. The van der Waals surface area contributed by atoms with E-state index >= 15 is 0 Å². The largest absolute Gasteiger partial charge is 0.329 e. The van der Waals surface area contributed by atoms with E-state index in [1.54, 1.807) is 6.07 Å². The van der Waals surface area contributed by atoms with Crippen LogP contribution in [0.15, 0.2) is 18.2 Å². The predicted octanol–water partition coefficient (Wildman–Crippen LogP) is 1.60. The molecule has 0 aromatic heterocycles. The average Bonchev–Trinajstić information content (AvgIpc) is 2.85.